The second-order valence-electron chi connectivity index (χ2n) is 5.20. The third kappa shape index (κ3) is 3.85. The van der Waals surface area contributed by atoms with Crippen LogP contribution in [-0.2, 0) is 11.2 Å². The van der Waals surface area contributed by atoms with E-state index in [1.807, 2.05) is 54.4 Å². The predicted molar refractivity (Wildman–Crippen MR) is 85.9 cm³/mol. The number of carbonyl (C=O) groups is 1. The van der Waals surface area contributed by atoms with E-state index in [0.29, 0.717) is 6.54 Å². The first-order valence-electron chi connectivity index (χ1n) is 7.19. The molecule has 1 atom stereocenters. The molecule has 0 fully saturated rings. The summed E-state index contributed by atoms with van der Waals surface area (Å²) in [5.41, 5.74) is 3.15. The molecule has 2 aromatic rings. The summed E-state index contributed by atoms with van der Waals surface area (Å²) in [4.78, 5) is 13.5. The Hall–Kier alpha value is -2.29. The van der Waals surface area contributed by atoms with Crippen LogP contribution in [0.3, 0.4) is 0 Å². The van der Waals surface area contributed by atoms with Crippen molar-refractivity contribution in [2.75, 3.05) is 18.5 Å². The Morgan fingerprint density at radius 1 is 1.10 bits per heavy atom. The molecule has 0 aliphatic rings. The molecule has 0 bridgehead atoms. The van der Waals surface area contributed by atoms with Gasteiger partial charge in [-0.25, -0.2) is 0 Å². The van der Waals surface area contributed by atoms with Crippen molar-refractivity contribution in [2.45, 2.75) is 19.3 Å². The van der Waals surface area contributed by atoms with E-state index in [9.17, 15) is 9.90 Å². The summed E-state index contributed by atoms with van der Waals surface area (Å²) in [6, 6.07) is 17.7. The molecule has 0 heterocycles. The van der Waals surface area contributed by atoms with Gasteiger partial charge in [0.1, 0.15) is 0 Å². The molecule has 0 aliphatic carbocycles. The first-order valence-corrected chi connectivity index (χ1v) is 7.19. The maximum atomic E-state index is 11.5. The van der Waals surface area contributed by atoms with Crippen molar-refractivity contribution < 1.29 is 9.90 Å². The Morgan fingerprint density at radius 3 is 2.24 bits per heavy atom. The minimum absolute atomic E-state index is 0.449. The first-order chi connectivity index (χ1) is 10.1. The molecule has 0 amide bonds. The largest absolute Gasteiger partial charge is 0.481 e. The lowest BCUT2D eigenvalue weighted by Crippen LogP contribution is -2.28. The van der Waals surface area contributed by atoms with Crippen LogP contribution in [0, 0.1) is 0 Å². The number of carboxylic acids is 1. The van der Waals surface area contributed by atoms with E-state index in [2.05, 4.69) is 19.1 Å². The zero-order valence-corrected chi connectivity index (χ0v) is 12.5. The molecule has 2 aromatic carbocycles. The first kappa shape index (κ1) is 15.1. The van der Waals surface area contributed by atoms with Crippen molar-refractivity contribution in [1.82, 2.24) is 0 Å². The fourth-order valence-electron chi connectivity index (χ4n) is 2.38. The average Bonchev–Trinajstić information content (AvgIpc) is 2.53. The van der Waals surface area contributed by atoms with Gasteiger partial charge in [-0.3, -0.25) is 4.79 Å². The van der Waals surface area contributed by atoms with Crippen molar-refractivity contribution in [3.63, 3.8) is 0 Å². The molecule has 0 radical (unpaired) electrons. The number of rotatable bonds is 6. The minimum Gasteiger partial charge on any atom is -0.481 e. The second-order valence-corrected chi connectivity index (χ2v) is 5.20. The van der Waals surface area contributed by atoms with Crippen LogP contribution in [0.15, 0.2) is 54.6 Å². The molecular formula is C18H21NO2. The number of likely N-dealkylation sites (N-methyl/N-ethyl adjacent to an activating group) is 1. The zero-order valence-electron chi connectivity index (χ0n) is 12.5. The SMILES string of the molecule is CCc1ccc(N(C)CC(C(=O)O)c2ccccc2)cc1. The van der Waals surface area contributed by atoms with E-state index in [1.54, 1.807) is 0 Å². The lowest BCUT2D eigenvalue weighted by molar-refractivity contribution is -0.138. The minimum atomic E-state index is -0.793. The molecule has 0 spiro atoms. The van der Waals surface area contributed by atoms with E-state index in [-0.39, 0.29) is 0 Å². The van der Waals surface area contributed by atoms with Gasteiger partial charge in [0.15, 0.2) is 0 Å². The van der Waals surface area contributed by atoms with Crippen molar-refractivity contribution in [2.24, 2.45) is 0 Å². The lowest BCUT2D eigenvalue weighted by atomic mass is 9.98. The van der Waals surface area contributed by atoms with Gasteiger partial charge in [-0.05, 0) is 29.7 Å². The molecule has 0 saturated heterocycles. The highest BCUT2D eigenvalue weighted by atomic mass is 16.4. The summed E-state index contributed by atoms with van der Waals surface area (Å²) in [6.45, 7) is 2.57. The maximum absolute atomic E-state index is 11.5. The number of aryl methyl sites for hydroxylation is 1. The Balaban J connectivity index is 2.14. The summed E-state index contributed by atoms with van der Waals surface area (Å²) in [5.74, 6) is -1.32. The van der Waals surface area contributed by atoms with Gasteiger partial charge in [-0.2, -0.15) is 0 Å². The molecule has 0 aromatic heterocycles. The molecule has 0 aliphatic heterocycles. The summed E-state index contributed by atoms with van der Waals surface area (Å²) >= 11 is 0. The second kappa shape index (κ2) is 6.93. The highest BCUT2D eigenvalue weighted by molar-refractivity contribution is 5.77. The van der Waals surface area contributed by atoms with Crippen LogP contribution in [0.25, 0.3) is 0 Å². The van der Waals surface area contributed by atoms with Gasteiger partial charge in [0.2, 0.25) is 0 Å². The Bertz CT molecular complexity index is 578. The van der Waals surface area contributed by atoms with Crippen molar-refractivity contribution in [3.05, 3.63) is 65.7 Å². The van der Waals surface area contributed by atoms with Gasteiger partial charge >= 0.3 is 5.97 Å². The number of carboxylic acid groups (broad SMARTS) is 1. The number of aliphatic carboxylic acids is 1. The molecule has 3 nitrogen and oxygen atoms in total. The van der Waals surface area contributed by atoms with Crippen molar-refractivity contribution in [3.8, 4) is 0 Å². The molecule has 3 heteroatoms. The summed E-state index contributed by atoms with van der Waals surface area (Å²) in [5, 5.41) is 9.48. The lowest BCUT2D eigenvalue weighted by Gasteiger charge is -2.24. The highest BCUT2D eigenvalue weighted by Crippen LogP contribution is 2.21. The Labute approximate surface area is 125 Å². The van der Waals surface area contributed by atoms with E-state index >= 15 is 0 Å². The monoisotopic (exact) mass is 283 g/mol. The van der Waals surface area contributed by atoms with E-state index in [0.717, 1.165) is 17.7 Å². The smallest absolute Gasteiger partial charge is 0.312 e. The van der Waals surface area contributed by atoms with Gasteiger partial charge in [0, 0.05) is 19.3 Å². The van der Waals surface area contributed by atoms with Crippen LogP contribution < -0.4 is 4.90 Å². The molecule has 21 heavy (non-hydrogen) atoms. The average molecular weight is 283 g/mol. The Morgan fingerprint density at radius 2 is 1.71 bits per heavy atom. The topological polar surface area (TPSA) is 40.5 Å². The van der Waals surface area contributed by atoms with Gasteiger partial charge in [-0.1, -0.05) is 49.4 Å². The summed E-state index contributed by atoms with van der Waals surface area (Å²) < 4.78 is 0. The van der Waals surface area contributed by atoms with Crippen LogP contribution in [0.2, 0.25) is 0 Å². The summed E-state index contributed by atoms with van der Waals surface area (Å²) in [6.07, 6.45) is 1.01. The Kier molecular flexibility index (Phi) is 4.99. The van der Waals surface area contributed by atoms with Crippen molar-refractivity contribution in [1.29, 1.82) is 0 Å². The van der Waals surface area contributed by atoms with Gasteiger partial charge in [0.05, 0.1) is 5.92 Å². The third-order valence-electron chi connectivity index (χ3n) is 3.74. The third-order valence-corrected chi connectivity index (χ3v) is 3.74. The van der Waals surface area contributed by atoms with Crippen LogP contribution in [0.1, 0.15) is 24.0 Å². The number of benzene rings is 2. The van der Waals surface area contributed by atoms with Gasteiger partial charge < -0.3 is 10.0 Å². The van der Waals surface area contributed by atoms with Crippen LogP contribution in [0.5, 0.6) is 0 Å². The zero-order chi connectivity index (χ0) is 15.2. The fraction of sp³-hybridized carbons (Fsp3) is 0.278. The van der Waals surface area contributed by atoms with Crippen LogP contribution in [-0.4, -0.2) is 24.7 Å². The molecule has 0 saturated carbocycles. The standard InChI is InChI=1S/C18H21NO2/c1-3-14-9-11-16(12-10-14)19(2)13-17(18(20)21)15-7-5-4-6-8-15/h4-12,17H,3,13H2,1-2H3,(H,20,21). The van der Waals surface area contributed by atoms with E-state index in [1.165, 1.54) is 5.56 Å². The number of anilines is 1. The number of nitrogens with zero attached hydrogens (tertiary/aromatic N) is 1. The molecule has 110 valence electrons. The van der Waals surface area contributed by atoms with Crippen molar-refractivity contribution >= 4 is 11.7 Å². The summed E-state index contributed by atoms with van der Waals surface area (Å²) in [7, 11) is 1.93. The molecule has 1 unspecified atom stereocenters. The normalized spacial score (nSPS) is 11.9. The van der Waals surface area contributed by atoms with E-state index in [4.69, 9.17) is 0 Å². The van der Waals surface area contributed by atoms with E-state index < -0.39 is 11.9 Å². The van der Waals surface area contributed by atoms with Gasteiger partial charge in [-0.15, -0.1) is 0 Å². The predicted octanol–water partition coefficient (Wildman–Crippen LogP) is 3.55. The maximum Gasteiger partial charge on any atom is 0.312 e. The molecular weight excluding hydrogens is 262 g/mol. The quantitative estimate of drug-likeness (QED) is 0.881. The highest BCUT2D eigenvalue weighted by Gasteiger charge is 2.21. The van der Waals surface area contributed by atoms with Gasteiger partial charge in [0.25, 0.3) is 0 Å². The van der Waals surface area contributed by atoms with Crippen LogP contribution >= 0.6 is 0 Å². The number of hydrogen-bond donors (Lipinski definition) is 1. The molecule has 2 rings (SSSR count). The van der Waals surface area contributed by atoms with Crippen LogP contribution in [0.4, 0.5) is 5.69 Å². The molecule has 1 N–H and O–H groups in total. The fourth-order valence-corrected chi connectivity index (χ4v) is 2.38. The number of hydrogen-bond acceptors (Lipinski definition) is 2.